The zero-order valence-electron chi connectivity index (χ0n) is 20.7. The Morgan fingerprint density at radius 3 is 2.46 bits per heavy atom. The molecule has 0 bridgehead atoms. The number of pyridine rings is 1. The number of hydrogen-bond donors (Lipinski definition) is 1. The molecule has 37 heavy (non-hydrogen) atoms. The number of ether oxygens (including phenoxy) is 2. The van der Waals surface area contributed by atoms with Crippen molar-refractivity contribution in [2.24, 2.45) is 0 Å². The highest BCUT2D eigenvalue weighted by atomic mass is 19.1. The van der Waals surface area contributed by atoms with Crippen molar-refractivity contribution >= 4 is 17.7 Å². The molecule has 0 saturated heterocycles. The largest absolute Gasteiger partial charge is 0.466 e. The van der Waals surface area contributed by atoms with Gasteiger partial charge in [0.05, 0.1) is 18.7 Å². The van der Waals surface area contributed by atoms with Crippen LogP contribution in [-0.4, -0.2) is 28.8 Å². The van der Waals surface area contributed by atoms with Crippen molar-refractivity contribution in [1.29, 1.82) is 0 Å². The molecule has 0 aliphatic carbocycles. The number of amides is 1. The number of aryl methyl sites for hydroxylation is 1. The van der Waals surface area contributed by atoms with Crippen LogP contribution in [0, 0.1) is 12.7 Å². The van der Waals surface area contributed by atoms with Gasteiger partial charge in [-0.1, -0.05) is 47.6 Å². The maximum absolute atomic E-state index is 14.0. The van der Waals surface area contributed by atoms with Gasteiger partial charge in [0.1, 0.15) is 23.3 Å². The van der Waals surface area contributed by atoms with Gasteiger partial charge in [-0.25, -0.2) is 9.18 Å². The lowest BCUT2D eigenvalue weighted by atomic mass is 10.1. The second kappa shape index (κ2) is 11.5. The van der Waals surface area contributed by atoms with Gasteiger partial charge in [0.25, 0.3) is 0 Å². The normalized spacial score (nSPS) is 11.6. The number of esters is 1. The lowest BCUT2D eigenvalue weighted by Crippen LogP contribution is -2.17. The Morgan fingerprint density at radius 1 is 1.05 bits per heavy atom. The van der Waals surface area contributed by atoms with E-state index in [0.29, 0.717) is 29.3 Å². The van der Waals surface area contributed by atoms with Gasteiger partial charge in [-0.3, -0.25) is 15.1 Å². The first-order valence-electron chi connectivity index (χ1n) is 11.8. The topological polar surface area (TPSA) is 104 Å². The Morgan fingerprint density at radius 2 is 1.78 bits per heavy atom. The third kappa shape index (κ3) is 6.19. The number of rotatable bonds is 8. The van der Waals surface area contributed by atoms with E-state index in [1.807, 2.05) is 30.3 Å². The van der Waals surface area contributed by atoms with Gasteiger partial charge in [0, 0.05) is 22.9 Å². The predicted octanol–water partition coefficient (Wildman–Crippen LogP) is 6.27. The number of nitrogens with zero attached hydrogens (tertiary/aromatic N) is 2. The van der Waals surface area contributed by atoms with Crippen LogP contribution < -0.4 is 5.32 Å². The van der Waals surface area contributed by atoms with Gasteiger partial charge < -0.3 is 14.0 Å². The summed E-state index contributed by atoms with van der Waals surface area (Å²) in [5.74, 6) is -0.406. The summed E-state index contributed by atoms with van der Waals surface area (Å²) in [5, 5.41) is 6.60. The average molecular weight is 504 g/mol. The first kappa shape index (κ1) is 25.6. The van der Waals surface area contributed by atoms with Gasteiger partial charge in [0.15, 0.2) is 5.76 Å². The van der Waals surface area contributed by atoms with Gasteiger partial charge >= 0.3 is 12.1 Å². The number of aromatic nitrogens is 2. The van der Waals surface area contributed by atoms with Crippen LogP contribution in [0.1, 0.15) is 36.8 Å². The summed E-state index contributed by atoms with van der Waals surface area (Å²) in [6, 6.07) is 17.2. The van der Waals surface area contributed by atoms with Crippen molar-refractivity contribution in [3.8, 4) is 22.6 Å². The van der Waals surface area contributed by atoms with E-state index < -0.39 is 18.0 Å². The van der Waals surface area contributed by atoms with Crippen molar-refractivity contribution in [3.05, 3.63) is 89.5 Å². The van der Waals surface area contributed by atoms with E-state index >= 15 is 0 Å². The Labute approximate surface area is 213 Å². The van der Waals surface area contributed by atoms with Crippen LogP contribution in [0.15, 0.2) is 71.4 Å². The molecule has 1 amide bonds. The number of anilines is 1. The smallest absolute Gasteiger partial charge is 0.412 e. The van der Waals surface area contributed by atoms with Crippen molar-refractivity contribution in [2.45, 2.75) is 33.3 Å². The molecule has 0 fully saturated rings. The van der Waals surface area contributed by atoms with E-state index in [-0.39, 0.29) is 18.0 Å². The monoisotopic (exact) mass is 503 g/mol. The molecule has 1 unspecified atom stereocenters. The molecule has 9 heteroatoms. The quantitative estimate of drug-likeness (QED) is 0.283. The van der Waals surface area contributed by atoms with Crippen molar-refractivity contribution in [2.75, 3.05) is 11.9 Å². The van der Waals surface area contributed by atoms with Crippen LogP contribution in [0.2, 0.25) is 0 Å². The molecule has 0 radical (unpaired) electrons. The van der Waals surface area contributed by atoms with E-state index in [0.717, 1.165) is 16.8 Å². The number of benzene rings is 2. The molecular formula is C28H26FN3O5. The fourth-order valence-electron chi connectivity index (χ4n) is 3.75. The van der Waals surface area contributed by atoms with E-state index in [4.69, 9.17) is 14.0 Å². The van der Waals surface area contributed by atoms with Gasteiger partial charge in [-0.2, -0.15) is 0 Å². The van der Waals surface area contributed by atoms with Gasteiger partial charge in [-0.15, -0.1) is 0 Å². The Bertz CT molecular complexity index is 1380. The second-order valence-corrected chi connectivity index (χ2v) is 8.28. The van der Waals surface area contributed by atoms with Crippen molar-refractivity contribution < 1.29 is 28.0 Å². The molecule has 2 heterocycles. The minimum absolute atomic E-state index is 0.211. The highest BCUT2D eigenvalue weighted by Gasteiger charge is 2.21. The molecule has 8 nitrogen and oxygen atoms in total. The van der Waals surface area contributed by atoms with E-state index in [1.54, 1.807) is 51.2 Å². The van der Waals surface area contributed by atoms with Gasteiger partial charge in [0.2, 0.25) is 0 Å². The highest BCUT2D eigenvalue weighted by Crippen LogP contribution is 2.32. The minimum atomic E-state index is -0.797. The van der Waals surface area contributed by atoms with Crippen LogP contribution in [0.25, 0.3) is 22.6 Å². The molecule has 4 rings (SSSR count). The molecule has 190 valence electrons. The number of hydrogen-bond acceptors (Lipinski definition) is 7. The lowest BCUT2D eigenvalue weighted by molar-refractivity contribution is -0.142. The molecule has 4 aromatic rings. The summed E-state index contributed by atoms with van der Waals surface area (Å²) in [7, 11) is 0. The Kier molecular flexibility index (Phi) is 7.92. The van der Waals surface area contributed by atoms with E-state index in [9.17, 15) is 14.0 Å². The number of halogens is 1. The maximum Gasteiger partial charge on any atom is 0.412 e. The van der Waals surface area contributed by atoms with Gasteiger partial charge in [-0.05, 0) is 44.5 Å². The zero-order valence-corrected chi connectivity index (χ0v) is 20.7. The highest BCUT2D eigenvalue weighted by molar-refractivity contribution is 5.90. The summed E-state index contributed by atoms with van der Waals surface area (Å²) in [6.45, 7) is 5.40. The number of carbonyl (C=O) groups is 2. The molecule has 0 saturated carbocycles. The van der Waals surface area contributed by atoms with Crippen LogP contribution in [-0.2, 0) is 20.7 Å². The molecule has 0 aliphatic rings. The minimum Gasteiger partial charge on any atom is -0.466 e. The third-order valence-electron chi connectivity index (χ3n) is 5.65. The molecule has 1 N–H and O–H groups in total. The van der Waals surface area contributed by atoms with Crippen molar-refractivity contribution in [1.82, 2.24) is 10.1 Å². The third-order valence-corrected chi connectivity index (χ3v) is 5.65. The first-order chi connectivity index (χ1) is 17.9. The zero-order chi connectivity index (χ0) is 26.4. The standard InChI is InChI=1S/C28H26FN3O5/c1-4-35-25(33)15-19-9-11-20(12-10-19)24-14-13-21(16-30-24)27-26(17(2)32-37-27)31-28(34)36-18(3)22-7-5-6-8-23(22)29/h5-14,16,18H,4,15H2,1-3H3,(H,31,34). The molecule has 2 aromatic carbocycles. The first-order valence-corrected chi connectivity index (χ1v) is 11.8. The fraction of sp³-hybridized carbons (Fsp3) is 0.214. The van der Waals surface area contributed by atoms with E-state index in [1.165, 1.54) is 6.07 Å². The van der Waals surface area contributed by atoms with Crippen LogP contribution >= 0.6 is 0 Å². The number of nitrogens with one attached hydrogen (secondary N) is 1. The average Bonchev–Trinajstić information content (AvgIpc) is 3.24. The maximum atomic E-state index is 14.0. The SMILES string of the molecule is CCOC(=O)Cc1ccc(-c2ccc(-c3onc(C)c3NC(=O)OC(C)c3ccccc3F)cn2)cc1. The second-order valence-electron chi connectivity index (χ2n) is 8.28. The van der Waals surface area contributed by atoms with Crippen LogP contribution in [0.4, 0.5) is 14.9 Å². The Balaban J connectivity index is 1.45. The molecule has 0 aliphatic heterocycles. The summed E-state index contributed by atoms with van der Waals surface area (Å²) in [6.07, 6.45) is 0.258. The number of carbonyl (C=O) groups excluding carboxylic acids is 2. The van der Waals surface area contributed by atoms with Crippen LogP contribution in [0.5, 0.6) is 0 Å². The molecule has 2 aromatic heterocycles. The summed E-state index contributed by atoms with van der Waals surface area (Å²) in [5.41, 5.74) is 4.10. The van der Waals surface area contributed by atoms with Crippen LogP contribution in [0.3, 0.4) is 0 Å². The van der Waals surface area contributed by atoms with Crippen molar-refractivity contribution in [3.63, 3.8) is 0 Å². The molecule has 1 atom stereocenters. The summed E-state index contributed by atoms with van der Waals surface area (Å²) in [4.78, 5) is 28.7. The summed E-state index contributed by atoms with van der Waals surface area (Å²) >= 11 is 0. The van der Waals surface area contributed by atoms with E-state index in [2.05, 4.69) is 15.5 Å². The molecular weight excluding hydrogens is 477 g/mol. The molecule has 0 spiro atoms. The summed E-state index contributed by atoms with van der Waals surface area (Å²) < 4.78 is 29.8. The lowest BCUT2D eigenvalue weighted by Gasteiger charge is -2.15. The fourth-order valence-corrected chi connectivity index (χ4v) is 3.75. The Hall–Kier alpha value is -4.53. The predicted molar refractivity (Wildman–Crippen MR) is 135 cm³/mol.